The first-order chi connectivity index (χ1) is 6.25. The Balaban J connectivity index is 2.50. The van der Waals surface area contributed by atoms with Gasteiger partial charge in [0.1, 0.15) is 5.82 Å². The molecule has 0 aliphatic rings. The Labute approximate surface area is 80.0 Å². The maximum absolute atomic E-state index is 5.44. The molecular weight excluding hydrogens is 162 g/mol. The van der Waals surface area contributed by atoms with Gasteiger partial charge in [-0.1, -0.05) is 13.8 Å². The van der Waals surface area contributed by atoms with E-state index < -0.39 is 0 Å². The molecule has 13 heavy (non-hydrogen) atoms. The highest BCUT2D eigenvalue weighted by molar-refractivity contribution is 4.97. The Morgan fingerprint density at radius 3 is 2.85 bits per heavy atom. The van der Waals surface area contributed by atoms with E-state index in [0.29, 0.717) is 5.92 Å². The van der Waals surface area contributed by atoms with E-state index in [-0.39, 0.29) is 0 Å². The van der Waals surface area contributed by atoms with Gasteiger partial charge in [-0.15, -0.1) is 0 Å². The van der Waals surface area contributed by atoms with Gasteiger partial charge in [0.15, 0.2) is 0 Å². The van der Waals surface area contributed by atoms with Gasteiger partial charge in [-0.3, -0.25) is 0 Å². The largest absolute Gasteiger partial charge is 0.335 e. The molecule has 0 atom stereocenters. The fourth-order valence-corrected chi connectivity index (χ4v) is 1.44. The zero-order valence-corrected chi connectivity index (χ0v) is 8.53. The summed E-state index contributed by atoms with van der Waals surface area (Å²) in [6.07, 6.45) is 6.16. The van der Waals surface area contributed by atoms with Crippen molar-refractivity contribution in [2.24, 2.45) is 5.73 Å². The summed E-state index contributed by atoms with van der Waals surface area (Å²) in [5.74, 6) is 1.69. The number of nitrogens with zero attached hydrogens (tertiary/aromatic N) is 2. The maximum Gasteiger partial charge on any atom is 0.111 e. The lowest BCUT2D eigenvalue weighted by atomic mass is 10.2. The van der Waals surface area contributed by atoms with Crippen molar-refractivity contribution in [3.05, 3.63) is 18.2 Å². The van der Waals surface area contributed by atoms with Gasteiger partial charge < -0.3 is 10.3 Å². The van der Waals surface area contributed by atoms with Crippen molar-refractivity contribution >= 4 is 0 Å². The molecule has 1 rings (SSSR count). The van der Waals surface area contributed by atoms with Crippen molar-refractivity contribution in [1.82, 2.24) is 9.55 Å². The number of aryl methyl sites for hydroxylation is 1. The second-order valence-electron chi connectivity index (χ2n) is 3.63. The fraction of sp³-hybridized carbons (Fsp3) is 0.700. The Morgan fingerprint density at radius 1 is 1.46 bits per heavy atom. The van der Waals surface area contributed by atoms with Crippen LogP contribution in [0.1, 0.15) is 38.4 Å². The molecule has 0 spiro atoms. The first kappa shape index (κ1) is 10.3. The molecule has 0 aliphatic carbocycles. The minimum absolute atomic E-state index is 0.507. The summed E-state index contributed by atoms with van der Waals surface area (Å²) >= 11 is 0. The molecule has 1 aromatic rings. The Hall–Kier alpha value is -0.830. The van der Waals surface area contributed by atoms with Crippen LogP contribution in [0.4, 0.5) is 0 Å². The molecule has 3 nitrogen and oxygen atoms in total. The van der Waals surface area contributed by atoms with Gasteiger partial charge in [-0.25, -0.2) is 4.98 Å². The molecule has 74 valence electrons. The Morgan fingerprint density at radius 2 is 2.23 bits per heavy atom. The summed E-state index contributed by atoms with van der Waals surface area (Å²) in [7, 11) is 0. The number of nitrogens with two attached hydrogens (primary N) is 1. The summed E-state index contributed by atoms with van der Waals surface area (Å²) in [6, 6.07) is 0. The second kappa shape index (κ2) is 5.02. The summed E-state index contributed by atoms with van der Waals surface area (Å²) in [6.45, 7) is 6.17. The van der Waals surface area contributed by atoms with Gasteiger partial charge in [-0.2, -0.15) is 0 Å². The summed E-state index contributed by atoms with van der Waals surface area (Å²) in [4.78, 5) is 4.33. The van der Waals surface area contributed by atoms with E-state index in [4.69, 9.17) is 5.73 Å². The van der Waals surface area contributed by atoms with Gasteiger partial charge in [-0.05, 0) is 19.4 Å². The minimum Gasteiger partial charge on any atom is -0.335 e. The van der Waals surface area contributed by atoms with Crippen LogP contribution in [0.2, 0.25) is 0 Å². The van der Waals surface area contributed by atoms with Gasteiger partial charge >= 0.3 is 0 Å². The highest BCUT2D eigenvalue weighted by atomic mass is 15.1. The van der Waals surface area contributed by atoms with E-state index in [0.717, 1.165) is 25.9 Å². The quantitative estimate of drug-likeness (QED) is 0.703. The molecule has 3 heteroatoms. The first-order valence-corrected chi connectivity index (χ1v) is 4.96. The average Bonchev–Trinajstić information content (AvgIpc) is 2.53. The van der Waals surface area contributed by atoms with Crippen LogP contribution in [0.3, 0.4) is 0 Å². The van der Waals surface area contributed by atoms with Crippen LogP contribution in [-0.4, -0.2) is 16.1 Å². The molecule has 1 aromatic heterocycles. The third-order valence-corrected chi connectivity index (χ3v) is 2.12. The first-order valence-electron chi connectivity index (χ1n) is 4.96. The van der Waals surface area contributed by atoms with Crippen LogP contribution in [0, 0.1) is 0 Å². The van der Waals surface area contributed by atoms with Gasteiger partial charge in [0.05, 0.1) is 0 Å². The summed E-state index contributed by atoms with van der Waals surface area (Å²) < 4.78 is 2.22. The van der Waals surface area contributed by atoms with E-state index in [2.05, 4.69) is 23.4 Å². The second-order valence-corrected chi connectivity index (χ2v) is 3.63. The molecule has 0 bridgehead atoms. The van der Waals surface area contributed by atoms with E-state index >= 15 is 0 Å². The molecule has 0 amide bonds. The molecular formula is C10H19N3. The van der Waals surface area contributed by atoms with Crippen LogP contribution in [0.15, 0.2) is 12.4 Å². The molecule has 0 saturated carbocycles. The number of hydrogen-bond acceptors (Lipinski definition) is 2. The lowest BCUT2D eigenvalue weighted by molar-refractivity contribution is 0.573. The fourth-order valence-electron chi connectivity index (χ4n) is 1.44. The van der Waals surface area contributed by atoms with E-state index in [1.165, 1.54) is 5.82 Å². The van der Waals surface area contributed by atoms with E-state index in [1.807, 2.05) is 12.4 Å². The predicted molar refractivity (Wildman–Crippen MR) is 54.6 cm³/mol. The van der Waals surface area contributed by atoms with Crippen molar-refractivity contribution < 1.29 is 0 Å². The van der Waals surface area contributed by atoms with Crippen LogP contribution >= 0.6 is 0 Å². The van der Waals surface area contributed by atoms with Crippen molar-refractivity contribution in [3.63, 3.8) is 0 Å². The lowest BCUT2D eigenvalue weighted by Crippen LogP contribution is -2.06. The molecule has 0 radical (unpaired) electrons. The minimum atomic E-state index is 0.507. The standard InChI is InChI=1S/C10H19N3/c1-9(2)10-12-6-8-13(10)7-4-3-5-11/h6,8-9H,3-5,7,11H2,1-2H3. The highest BCUT2D eigenvalue weighted by Gasteiger charge is 2.05. The van der Waals surface area contributed by atoms with Crippen LogP contribution in [0.5, 0.6) is 0 Å². The van der Waals surface area contributed by atoms with Crippen LogP contribution < -0.4 is 5.73 Å². The van der Waals surface area contributed by atoms with Crippen molar-refractivity contribution in [2.75, 3.05) is 6.54 Å². The highest BCUT2D eigenvalue weighted by Crippen LogP contribution is 2.12. The zero-order chi connectivity index (χ0) is 9.68. The Bertz CT molecular complexity index is 240. The summed E-state index contributed by atoms with van der Waals surface area (Å²) in [5, 5.41) is 0. The normalized spacial score (nSPS) is 11.1. The molecule has 1 heterocycles. The molecule has 0 saturated heterocycles. The van der Waals surface area contributed by atoms with Crippen molar-refractivity contribution in [1.29, 1.82) is 0 Å². The van der Waals surface area contributed by atoms with Crippen molar-refractivity contribution in [3.8, 4) is 0 Å². The number of aromatic nitrogens is 2. The number of unbranched alkanes of at least 4 members (excludes halogenated alkanes) is 1. The van der Waals surface area contributed by atoms with E-state index in [9.17, 15) is 0 Å². The maximum atomic E-state index is 5.44. The molecule has 2 N–H and O–H groups in total. The van der Waals surface area contributed by atoms with Gasteiger partial charge in [0, 0.05) is 24.9 Å². The predicted octanol–water partition coefficient (Wildman–Crippen LogP) is 1.75. The monoisotopic (exact) mass is 181 g/mol. The number of rotatable bonds is 5. The van der Waals surface area contributed by atoms with Crippen molar-refractivity contribution in [2.45, 2.75) is 39.2 Å². The molecule has 0 fully saturated rings. The SMILES string of the molecule is CC(C)c1nccn1CCCCN. The molecule has 0 aromatic carbocycles. The Kier molecular flexibility index (Phi) is 3.96. The molecule has 0 aliphatic heterocycles. The number of hydrogen-bond donors (Lipinski definition) is 1. The van der Waals surface area contributed by atoms with Gasteiger partial charge in [0.25, 0.3) is 0 Å². The van der Waals surface area contributed by atoms with Crippen LogP contribution in [0.25, 0.3) is 0 Å². The topological polar surface area (TPSA) is 43.8 Å². The molecule has 0 unspecified atom stereocenters. The zero-order valence-electron chi connectivity index (χ0n) is 8.53. The summed E-state index contributed by atoms with van der Waals surface area (Å²) in [5.41, 5.74) is 5.44. The third-order valence-electron chi connectivity index (χ3n) is 2.12. The van der Waals surface area contributed by atoms with E-state index in [1.54, 1.807) is 0 Å². The third kappa shape index (κ3) is 2.84. The van der Waals surface area contributed by atoms with Gasteiger partial charge in [0.2, 0.25) is 0 Å². The van der Waals surface area contributed by atoms with Crippen LogP contribution in [-0.2, 0) is 6.54 Å². The number of imidazole rings is 1. The lowest BCUT2D eigenvalue weighted by Gasteiger charge is -2.09. The smallest absolute Gasteiger partial charge is 0.111 e. The average molecular weight is 181 g/mol.